The lowest BCUT2D eigenvalue weighted by Gasteiger charge is -2.43. The molecular weight excluding hydrogens is 352 g/mol. The Labute approximate surface area is 145 Å². The fraction of sp³-hybridized carbons (Fsp3) is 0.579. The standard InChI is InChI=1S/C19H29BrOSi/c1-13(2)22(14(3)4,15(5)6)21-19-9-7-8-16-10-11-17(20)12-18(16)19/h9-15H,7-8H2,1-6H3. The number of hydrogen-bond donors (Lipinski definition) is 0. The minimum atomic E-state index is -1.88. The highest BCUT2D eigenvalue weighted by molar-refractivity contribution is 9.10. The third-order valence-corrected chi connectivity index (χ3v) is 11.6. The summed E-state index contributed by atoms with van der Waals surface area (Å²) in [6, 6.07) is 6.60. The van der Waals surface area contributed by atoms with E-state index in [1.165, 1.54) is 11.1 Å². The first-order valence-electron chi connectivity index (χ1n) is 8.47. The van der Waals surface area contributed by atoms with Gasteiger partial charge in [-0.2, -0.15) is 0 Å². The van der Waals surface area contributed by atoms with Gasteiger partial charge >= 0.3 is 0 Å². The molecule has 0 N–H and O–H groups in total. The van der Waals surface area contributed by atoms with Crippen LogP contribution in [0.2, 0.25) is 16.6 Å². The Morgan fingerprint density at radius 2 is 1.59 bits per heavy atom. The van der Waals surface area contributed by atoms with E-state index < -0.39 is 8.32 Å². The van der Waals surface area contributed by atoms with Crippen molar-refractivity contribution in [2.45, 2.75) is 71.0 Å². The monoisotopic (exact) mass is 380 g/mol. The molecule has 3 heteroatoms. The van der Waals surface area contributed by atoms with E-state index in [0.717, 1.165) is 23.1 Å². The molecule has 0 spiro atoms. The van der Waals surface area contributed by atoms with E-state index in [2.05, 4.69) is 81.7 Å². The molecule has 0 radical (unpaired) electrons. The number of rotatable bonds is 5. The maximum atomic E-state index is 6.92. The maximum absolute atomic E-state index is 6.92. The third-order valence-electron chi connectivity index (χ3n) is 5.07. The average Bonchev–Trinajstić information content (AvgIpc) is 2.43. The second-order valence-corrected chi connectivity index (χ2v) is 13.6. The second-order valence-electron chi connectivity index (χ2n) is 7.33. The zero-order valence-electron chi connectivity index (χ0n) is 14.7. The van der Waals surface area contributed by atoms with Crippen molar-refractivity contribution in [3.63, 3.8) is 0 Å². The number of hydrogen-bond acceptors (Lipinski definition) is 1. The van der Waals surface area contributed by atoms with Crippen molar-refractivity contribution >= 4 is 30.0 Å². The molecule has 22 heavy (non-hydrogen) atoms. The van der Waals surface area contributed by atoms with Crippen LogP contribution in [0.5, 0.6) is 0 Å². The van der Waals surface area contributed by atoms with Crippen molar-refractivity contribution in [1.82, 2.24) is 0 Å². The molecule has 0 amide bonds. The van der Waals surface area contributed by atoms with E-state index >= 15 is 0 Å². The third kappa shape index (κ3) is 3.21. The lowest BCUT2D eigenvalue weighted by molar-refractivity contribution is 0.440. The molecule has 1 aromatic carbocycles. The predicted octanol–water partition coefficient (Wildman–Crippen LogP) is 6.93. The molecular formula is C19H29BrOSi. The van der Waals surface area contributed by atoms with Gasteiger partial charge in [0, 0.05) is 10.0 Å². The van der Waals surface area contributed by atoms with Gasteiger partial charge in [0.1, 0.15) is 5.76 Å². The summed E-state index contributed by atoms with van der Waals surface area (Å²) >= 11 is 3.61. The lowest BCUT2D eigenvalue weighted by atomic mass is 9.96. The van der Waals surface area contributed by atoms with Crippen LogP contribution < -0.4 is 0 Å². The minimum absolute atomic E-state index is 0.603. The van der Waals surface area contributed by atoms with Crippen molar-refractivity contribution in [3.8, 4) is 0 Å². The first kappa shape index (κ1) is 17.8. The van der Waals surface area contributed by atoms with Gasteiger partial charge in [0.25, 0.3) is 8.32 Å². The van der Waals surface area contributed by atoms with Gasteiger partial charge < -0.3 is 4.43 Å². The largest absolute Gasteiger partial charge is 0.542 e. The average molecular weight is 381 g/mol. The summed E-state index contributed by atoms with van der Waals surface area (Å²) in [7, 11) is -1.88. The lowest BCUT2D eigenvalue weighted by Crippen LogP contribution is -2.47. The smallest absolute Gasteiger partial charge is 0.258 e. The molecule has 0 saturated heterocycles. The predicted molar refractivity (Wildman–Crippen MR) is 103 cm³/mol. The molecule has 0 unspecified atom stereocenters. The number of benzene rings is 1. The fourth-order valence-corrected chi connectivity index (χ4v) is 9.75. The van der Waals surface area contributed by atoms with E-state index in [4.69, 9.17) is 4.43 Å². The Hall–Kier alpha value is -0.543. The summed E-state index contributed by atoms with van der Waals surface area (Å²) in [5.74, 6) is 1.13. The van der Waals surface area contributed by atoms with Gasteiger partial charge in [-0.3, -0.25) is 0 Å². The summed E-state index contributed by atoms with van der Waals surface area (Å²) in [5.41, 5.74) is 4.52. The van der Waals surface area contributed by atoms with E-state index in [0.29, 0.717) is 16.6 Å². The first-order valence-corrected chi connectivity index (χ1v) is 11.4. The van der Waals surface area contributed by atoms with Crippen LogP contribution >= 0.6 is 15.9 Å². The summed E-state index contributed by atoms with van der Waals surface area (Å²) in [6.07, 6.45) is 4.52. The van der Waals surface area contributed by atoms with Crippen molar-refractivity contribution in [1.29, 1.82) is 0 Å². The molecule has 0 aromatic heterocycles. The molecule has 122 valence electrons. The molecule has 0 heterocycles. The minimum Gasteiger partial charge on any atom is -0.542 e. The summed E-state index contributed by atoms with van der Waals surface area (Å²) in [4.78, 5) is 0. The van der Waals surface area contributed by atoms with Gasteiger partial charge in [-0.15, -0.1) is 0 Å². The highest BCUT2D eigenvalue weighted by Gasteiger charge is 2.47. The van der Waals surface area contributed by atoms with E-state index in [9.17, 15) is 0 Å². The quantitative estimate of drug-likeness (QED) is 0.503. The fourth-order valence-electron chi connectivity index (χ4n) is 4.11. The van der Waals surface area contributed by atoms with Gasteiger partial charge in [0.15, 0.2) is 0 Å². The van der Waals surface area contributed by atoms with Crippen LogP contribution in [0.15, 0.2) is 28.7 Å². The van der Waals surface area contributed by atoms with Crippen LogP contribution in [-0.4, -0.2) is 8.32 Å². The molecule has 1 aliphatic carbocycles. The van der Waals surface area contributed by atoms with Crippen LogP contribution in [0, 0.1) is 0 Å². The van der Waals surface area contributed by atoms with Gasteiger partial charge in [0.2, 0.25) is 0 Å². The van der Waals surface area contributed by atoms with Gasteiger partial charge in [-0.25, -0.2) is 0 Å². The molecule has 0 bridgehead atoms. The van der Waals surface area contributed by atoms with Gasteiger partial charge in [-0.05, 0) is 53.2 Å². The van der Waals surface area contributed by atoms with Crippen molar-refractivity contribution in [2.24, 2.45) is 0 Å². The summed E-state index contributed by atoms with van der Waals surface area (Å²) in [5, 5.41) is 0. The van der Waals surface area contributed by atoms with Crippen molar-refractivity contribution in [3.05, 3.63) is 39.9 Å². The van der Waals surface area contributed by atoms with Crippen LogP contribution in [0.4, 0.5) is 0 Å². The van der Waals surface area contributed by atoms with E-state index in [1.54, 1.807) is 0 Å². The maximum Gasteiger partial charge on any atom is 0.258 e. The highest BCUT2D eigenvalue weighted by Crippen LogP contribution is 2.46. The molecule has 0 saturated carbocycles. The Balaban J connectivity index is 2.44. The Morgan fingerprint density at radius 3 is 2.14 bits per heavy atom. The molecule has 0 atom stereocenters. The van der Waals surface area contributed by atoms with Crippen LogP contribution in [0.1, 0.15) is 59.1 Å². The topological polar surface area (TPSA) is 9.23 Å². The van der Waals surface area contributed by atoms with Crippen LogP contribution in [0.25, 0.3) is 5.76 Å². The molecule has 0 fully saturated rings. The first-order chi connectivity index (χ1) is 10.3. The molecule has 1 aromatic rings. The molecule has 1 nitrogen and oxygen atoms in total. The Morgan fingerprint density at radius 1 is 1.00 bits per heavy atom. The Kier molecular flexibility index (Phi) is 5.60. The molecule has 1 aliphatic rings. The normalized spacial score (nSPS) is 15.3. The molecule has 0 aliphatic heterocycles. The van der Waals surface area contributed by atoms with Gasteiger partial charge in [-0.1, -0.05) is 63.5 Å². The van der Waals surface area contributed by atoms with E-state index in [1.807, 2.05) is 0 Å². The SMILES string of the molecule is CC(C)[Si](OC1=CCCc2ccc(Br)cc21)(C(C)C)C(C)C. The number of fused-ring (bicyclic) bond motifs is 1. The van der Waals surface area contributed by atoms with Crippen molar-refractivity contribution < 1.29 is 4.43 Å². The van der Waals surface area contributed by atoms with Gasteiger partial charge in [0.05, 0.1) is 0 Å². The Bertz CT molecular complexity index is 539. The highest BCUT2D eigenvalue weighted by atomic mass is 79.9. The zero-order chi connectivity index (χ0) is 16.5. The summed E-state index contributed by atoms with van der Waals surface area (Å²) in [6.45, 7) is 14.1. The second kappa shape index (κ2) is 6.92. The van der Waals surface area contributed by atoms with Crippen LogP contribution in [-0.2, 0) is 10.8 Å². The number of aryl methyl sites for hydroxylation is 1. The number of allylic oxidation sites excluding steroid dienone is 1. The van der Waals surface area contributed by atoms with Crippen molar-refractivity contribution in [2.75, 3.05) is 0 Å². The van der Waals surface area contributed by atoms with E-state index in [-0.39, 0.29) is 0 Å². The van der Waals surface area contributed by atoms with Crippen LogP contribution in [0.3, 0.4) is 0 Å². The summed E-state index contributed by atoms with van der Waals surface area (Å²) < 4.78 is 8.06. The number of halogens is 1. The molecule has 2 rings (SSSR count). The zero-order valence-corrected chi connectivity index (χ0v) is 17.3.